The molecule has 5 heteroatoms. The van der Waals surface area contributed by atoms with Gasteiger partial charge in [0.2, 0.25) is 5.91 Å². The molecule has 1 saturated heterocycles. The Morgan fingerprint density at radius 3 is 2.70 bits per heavy atom. The van der Waals surface area contributed by atoms with E-state index in [0.717, 1.165) is 13.0 Å². The standard InChI is InChI=1S/C15H20N2O3/c1-10(15(19)20)17-14(18)13-9-12(7-8-16-13)11-5-3-2-4-6-11/h2-6,10,12-13,16H,7-9H2,1H3,(H,17,18)(H,19,20)/t10-,12-,13+/m0/s1. The first kappa shape index (κ1) is 14.5. The molecule has 1 aromatic carbocycles. The van der Waals surface area contributed by atoms with Crippen LogP contribution in [-0.4, -0.2) is 35.6 Å². The van der Waals surface area contributed by atoms with Gasteiger partial charge >= 0.3 is 5.97 Å². The summed E-state index contributed by atoms with van der Waals surface area (Å²) in [6.07, 6.45) is 1.68. The number of carboxylic acids is 1. The summed E-state index contributed by atoms with van der Waals surface area (Å²) in [6.45, 7) is 2.23. The summed E-state index contributed by atoms with van der Waals surface area (Å²) in [5.74, 6) is -0.914. The van der Waals surface area contributed by atoms with Crippen molar-refractivity contribution in [1.29, 1.82) is 0 Å². The lowest BCUT2D eigenvalue weighted by atomic mass is 9.86. The van der Waals surface area contributed by atoms with Gasteiger partial charge in [-0.3, -0.25) is 9.59 Å². The van der Waals surface area contributed by atoms with E-state index in [0.29, 0.717) is 12.3 Å². The molecule has 20 heavy (non-hydrogen) atoms. The van der Waals surface area contributed by atoms with E-state index in [1.54, 1.807) is 0 Å². The monoisotopic (exact) mass is 276 g/mol. The van der Waals surface area contributed by atoms with E-state index in [1.165, 1.54) is 12.5 Å². The average Bonchev–Trinajstić information content (AvgIpc) is 2.48. The molecule has 0 bridgehead atoms. The van der Waals surface area contributed by atoms with Gasteiger partial charge in [0.05, 0.1) is 6.04 Å². The van der Waals surface area contributed by atoms with Gasteiger partial charge in [-0.15, -0.1) is 0 Å². The first-order valence-electron chi connectivity index (χ1n) is 6.89. The minimum absolute atomic E-state index is 0.236. The molecule has 0 saturated carbocycles. The molecule has 1 heterocycles. The number of hydrogen-bond acceptors (Lipinski definition) is 3. The molecule has 0 spiro atoms. The number of aliphatic carboxylic acids is 1. The third-order valence-electron chi connectivity index (χ3n) is 3.72. The number of carbonyl (C=O) groups excluding carboxylic acids is 1. The van der Waals surface area contributed by atoms with Crippen molar-refractivity contribution >= 4 is 11.9 Å². The molecule has 0 aliphatic carbocycles. The van der Waals surface area contributed by atoms with Crippen molar-refractivity contribution < 1.29 is 14.7 Å². The number of rotatable bonds is 4. The Kier molecular flexibility index (Phi) is 4.74. The van der Waals surface area contributed by atoms with Crippen LogP contribution in [-0.2, 0) is 9.59 Å². The summed E-state index contributed by atoms with van der Waals surface area (Å²) < 4.78 is 0. The van der Waals surface area contributed by atoms with Crippen LogP contribution < -0.4 is 10.6 Å². The quantitative estimate of drug-likeness (QED) is 0.770. The van der Waals surface area contributed by atoms with Gasteiger partial charge in [-0.2, -0.15) is 0 Å². The summed E-state index contributed by atoms with van der Waals surface area (Å²) in [5.41, 5.74) is 1.23. The number of hydrogen-bond donors (Lipinski definition) is 3. The highest BCUT2D eigenvalue weighted by Gasteiger charge is 2.29. The second kappa shape index (κ2) is 6.52. The Labute approximate surface area is 118 Å². The van der Waals surface area contributed by atoms with Crippen LogP contribution in [0.2, 0.25) is 0 Å². The summed E-state index contributed by atoms with van der Waals surface area (Å²) in [4.78, 5) is 22.8. The molecule has 5 nitrogen and oxygen atoms in total. The molecular weight excluding hydrogens is 256 g/mol. The highest BCUT2D eigenvalue weighted by Crippen LogP contribution is 2.27. The molecule has 3 atom stereocenters. The lowest BCUT2D eigenvalue weighted by molar-refractivity contribution is -0.141. The Morgan fingerprint density at radius 2 is 2.05 bits per heavy atom. The minimum atomic E-state index is -1.02. The second-order valence-corrected chi connectivity index (χ2v) is 5.21. The van der Waals surface area contributed by atoms with Crippen LogP contribution in [0.1, 0.15) is 31.2 Å². The first-order chi connectivity index (χ1) is 9.58. The van der Waals surface area contributed by atoms with E-state index in [4.69, 9.17) is 5.11 Å². The van der Waals surface area contributed by atoms with Crippen LogP contribution in [0.25, 0.3) is 0 Å². The van der Waals surface area contributed by atoms with Crippen molar-refractivity contribution in [1.82, 2.24) is 10.6 Å². The van der Waals surface area contributed by atoms with Crippen LogP contribution in [0.5, 0.6) is 0 Å². The zero-order valence-electron chi connectivity index (χ0n) is 11.5. The van der Waals surface area contributed by atoms with E-state index in [-0.39, 0.29) is 11.9 Å². The summed E-state index contributed by atoms with van der Waals surface area (Å²) in [6, 6.07) is 8.94. The number of carboxylic acid groups (broad SMARTS) is 1. The number of carbonyl (C=O) groups is 2. The maximum atomic E-state index is 12.1. The van der Waals surface area contributed by atoms with Crippen LogP contribution >= 0.6 is 0 Å². The molecule has 1 aliphatic rings. The first-order valence-corrected chi connectivity index (χ1v) is 6.89. The lowest BCUT2D eigenvalue weighted by Gasteiger charge is -2.30. The highest BCUT2D eigenvalue weighted by atomic mass is 16.4. The predicted molar refractivity (Wildman–Crippen MR) is 75.4 cm³/mol. The number of piperidine rings is 1. The predicted octanol–water partition coefficient (Wildman–Crippen LogP) is 1.11. The zero-order valence-corrected chi connectivity index (χ0v) is 11.5. The van der Waals surface area contributed by atoms with Crippen molar-refractivity contribution in [2.45, 2.75) is 37.8 Å². The molecule has 1 amide bonds. The Balaban J connectivity index is 1.97. The Morgan fingerprint density at radius 1 is 1.35 bits per heavy atom. The molecule has 1 fully saturated rings. The van der Waals surface area contributed by atoms with Crippen molar-refractivity contribution in [3.05, 3.63) is 35.9 Å². The molecule has 0 unspecified atom stereocenters. The molecule has 2 rings (SSSR count). The van der Waals surface area contributed by atoms with Crippen molar-refractivity contribution in [2.24, 2.45) is 0 Å². The summed E-state index contributed by atoms with van der Waals surface area (Å²) >= 11 is 0. The van der Waals surface area contributed by atoms with Crippen LogP contribution in [0.4, 0.5) is 0 Å². The normalized spacial score (nSPS) is 23.9. The van der Waals surface area contributed by atoms with Gasteiger partial charge in [-0.25, -0.2) is 0 Å². The van der Waals surface area contributed by atoms with Gasteiger partial charge in [0.25, 0.3) is 0 Å². The van der Waals surface area contributed by atoms with Gasteiger partial charge in [0, 0.05) is 0 Å². The van der Waals surface area contributed by atoms with Crippen molar-refractivity contribution in [2.75, 3.05) is 6.54 Å². The summed E-state index contributed by atoms with van der Waals surface area (Å²) in [7, 11) is 0. The van der Waals surface area contributed by atoms with Crippen molar-refractivity contribution in [3.63, 3.8) is 0 Å². The molecule has 3 N–H and O–H groups in total. The SMILES string of the molecule is C[C@H](NC(=O)[C@H]1C[C@@H](c2ccccc2)CCN1)C(=O)O. The van der Waals surface area contributed by atoms with Crippen molar-refractivity contribution in [3.8, 4) is 0 Å². The van der Waals surface area contributed by atoms with E-state index in [2.05, 4.69) is 22.8 Å². The largest absolute Gasteiger partial charge is 0.480 e. The van der Waals surface area contributed by atoms with E-state index < -0.39 is 12.0 Å². The van der Waals surface area contributed by atoms with E-state index in [1.807, 2.05) is 18.2 Å². The Bertz CT molecular complexity index is 475. The molecule has 1 aromatic rings. The van der Waals surface area contributed by atoms with Gasteiger partial charge in [0.15, 0.2) is 0 Å². The van der Waals surface area contributed by atoms with Gasteiger partial charge in [-0.05, 0) is 37.8 Å². The number of nitrogens with one attached hydrogen (secondary N) is 2. The lowest BCUT2D eigenvalue weighted by Crippen LogP contribution is -2.51. The number of amides is 1. The van der Waals surface area contributed by atoms with Gasteiger partial charge in [0.1, 0.15) is 6.04 Å². The van der Waals surface area contributed by atoms with Crippen LogP contribution in [0, 0.1) is 0 Å². The minimum Gasteiger partial charge on any atom is -0.480 e. The molecule has 1 aliphatic heterocycles. The third kappa shape index (κ3) is 3.57. The van der Waals surface area contributed by atoms with E-state index in [9.17, 15) is 9.59 Å². The third-order valence-corrected chi connectivity index (χ3v) is 3.72. The zero-order chi connectivity index (χ0) is 14.5. The van der Waals surface area contributed by atoms with Crippen LogP contribution in [0.15, 0.2) is 30.3 Å². The maximum Gasteiger partial charge on any atom is 0.325 e. The topological polar surface area (TPSA) is 78.4 Å². The molecule has 0 radical (unpaired) electrons. The molecular formula is C15H20N2O3. The Hall–Kier alpha value is -1.88. The van der Waals surface area contributed by atoms with Gasteiger partial charge in [-0.1, -0.05) is 30.3 Å². The average molecular weight is 276 g/mol. The maximum absolute atomic E-state index is 12.1. The smallest absolute Gasteiger partial charge is 0.325 e. The number of benzene rings is 1. The van der Waals surface area contributed by atoms with Crippen LogP contribution in [0.3, 0.4) is 0 Å². The molecule has 0 aromatic heterocycles. The fourth-order valence-electron chi connectivity index (χ4n) is 2.52. The fourth-order valence-corrected chi connectivity index (χ4v) is 2.52. The second-order valence-electron chi connectivity index (χ2n) is 5.21. The fraction of sp³-hybridized carbons (Fsp3) is 0.467. The summed E-state index contributed by atoms with van der Waals surface area (Å²) in [5, 5.41) is 14.5. The highest BCUT2D eigenvalue weighted by molar-refractivity contribution is 5.86. The molecule has 108 valence electrons. The van der Waals surface area contributed by atoms with Gasteiger partial charge < -0.3 is 15.7 Å². The van der Waals surface area contributed by atoms with E-state index >= 15 is 0 Å².